The lowest BCUT2D eigenvalue weighted by Crippen LogP contribution is -2.40. The molecule has 0 fully saturated rings. The van der Waals surface area contributed by atoms with Gasteiger partial charge in [0.2, 0.25) is 0 Å². The minimum absolute atomic E-state index is 0.00189. The molecule has 4 rings (SSSR count). The quantitative estimate of drug-likeness (QED) is 0.729. The molecule has 3 aromatic rings. The van der Waals surface area contributed by atoms with Crippen LogP contribution in [0.2, 0.25) is 0 Å². The number of benzene rings is 2. The number of carbonyl (C=O) groups is 1. The molecule has 1 amide bonds. The van der Waals surface area contributed by atoms with Crippen molar-refractivity contribution in [3.05, 3.63) is 59.1 Å². The highest BCUT2D eigenvalue weighted by molar-refractivity contribution is 7.18. The molecule has 24 heavy (non-hydrogen) atoms. The molecule has 0 unspecified atom stereocenters. The molecule has 5 heteroatoms. The zero-order valence-corrected chi connectivity index (χ0v) is 14.4. The second-order valence-corrected chi connectivity index (χ2v) is 7.13. The standard InChI is InChI=1S/C19H18N2O2S/c1-12(18-20-14-8-4-6-10-17(14)24-18)21(2)19(22)16-11-13-7-3-5-9-15(13)23-16/h3-10,12,16H,11H2,1-2H3/t12-,16-/m1/s1. The molecule has 1 aliphatic rings. The fourth-order valence-corrected chi connectivity index (χ4v) is 4.04. The van der Waals surface area contributed by atoms with Crippen LogP contribution in [0.15, 0.2) is 48.5 Å². The van der Waals surface area contributed by atoms with Gasteiger partial charge < -0.3 is 9.64 Å². The van der Waals surface area contributed by atoms with Gasteiger partial charge in [-0.1, -0.05) is 30.3 Å². The predicted molar refractivity (Wildman–Crippen MR) is 95.4 cm³/mol. The van der Waals surface area contributed by atoms with E-state index in [2.05, 4.69) is 11.1 Å². The van der Waals surface area contributed by atoms with Gasteiger partial charge in [0.15, 0.2) is 6.10 Å². The molecule has 0 bridgehead atoms. The average molecular weight is 338 g/mol. The molecule has 4 nitrogen and oxygen atoms in total. The minimum atomic E-state index is -0.441. The first-order valence-corrected chi connectivity index (χ1v) is 8.82. The summed E-state index contributed by atoms with van der Waals surface area (Å²) >= 11 is 1.64. The summed E-state index contributed by atoms with van der Waals surface area (Å²) in [5.74, 6) is 0.815. The molecule has 0 N–H and O–H groups in total. The zero-order valence-electron chi connectivity index (χ0n) is 13.6. The Bertz CT molecular complexity index is 847. The number of ether oxygens (including phenoxy) is 1. The molecule has 2 atom stereocenters. The average Bonchev–Trinajstić information content (AvgIpc) is 3.23. The van der Waals surface area contributed by atoms with Gasteiger partial charge in [0.05, 0.1) is 16.3 Å². The molecule has 2 heterocycles. The van der Waals surface area contributed by atoms with Crippen molar-refractivity contribution >= 4 is 27.5 Å². The number of aromatic nitrogens is 1. The first kappa shape index (κ1) is 15.1. The van der Waals surface area contributed by atoms with Crippen molar-refractivity contribution in [2.75, 3.05) is 7.05 Å². The molecular formula is C19H18N2O2S. The van der Waals surface area contributed by atoms with Gasteiger partial charge in [-0.25, -0.2) is 4.98 Å². The van der Waals surface area contributed by atoms with Crippen molar-refractivity contribution in [3.63, 3.8) is 0 Å². The lowest BCUT2D eigenvalue weighted by molar-refractivity contribution is -0.138. The minimum Gasteiger partial charge on any atom is -0.480 e. The molecule has 1 aliphatic heterocycles. The van der Waals surface area contributed by atoms with Crippen molar-refractivity contribution < 1.29 is 9.53 Å². The lowest BCUT2D eigenvalue weighted by atomic mass is 10.1. The van der Waals surface area contributed by atoms with Gasteiger partial charge in [-0.2, -0.15) is 0 Å². The Balaban J connectivity index is 1.52. The van der Waals surface area contributed by atoms with E-state index >= 15 is 0 Å². The van der Waals surface area contributed by atoms with Crippen LogP contribution in [-0.2, 0) is 11.2 Å². The summed E-state index contributed by atoms with van der Waals surface area (Å²) in [5, 5.41) is 0.947. The number of para-hydroxylation sites is 2. The van der Waals surface area contributed by atoms with Gasteiger partial charge in [0.25, 0.3) is 5.91 Å². The second-order valence-electron chi connectivity index (χ2n) is 6.06. The van der Waals surface area contributed by atoms with E-state index in [4.69, 9.17) is 4.74 Å². The third-order valence-electron chi connectivity index (χ3n) is 4.52. The Labute approximate surface area is 144 Å². The maximum absolute atomic E-state index is 12.8. The topological polar surface area (TPSA) is 42.4 Å². The van der Waals surface area contributed by atoms with E-state index in [1.165, 1.54) is 0 Å². The van der Waals surface area contributed by atoms with Crippen molar-refractivity contribution in [3.8, 4) is 5.75 Å². The Morgan fingerprint density at radius 1 is 1.25 bits per heavy atom. The molecule has 0 spiro atoms. The van der Waals surface area contributed by atoms with Crippen molar-refractivity contribution in [1.82, 2.24) is 9.88 Å². The zero-order chi connectivity index (χ0) is 16.7. The number of thiazole rings is 1. The Kier molecular flexibility index (Phi) is 3.73. The van der Waals surface area contributed by atoms with Gasteiger partial charge >= 0.3 is 0 Å². The van der Waals surface area contributed by atoms with Gasteiger partial charge in [0.1, 0.15) is 10.8 Å². The number of hydrogen-bond donors (Lipinski definition) is 0. The fourth-order valence-electron chi connectivity index (χ4n) is 2.97. The molecular weight excluding hydrogens is 320 g/mol. The SMILES string of the molecule is C[C@H](c1nc2ccccc2s1)N(C)C(=O)[C@H]1Cc2ccccc2O1. The number of carbonyl (C=O) groups excluding carboxylic acids is 1. The van der Waals surface area contributed by atoms with E-state index in [9.17, 15) is 4.79 Å². The molecule has 0 saturated heterocycles. The number of amides is 1. The van der Waals surface area contributed by atoms with E-state index in [0.29, 0.717) is 6.42 Å². The number of likely N-dealkylation sites (N-methyl/N-ethyl adjacent to an activating group) is 1. The largest absolute Gasteiger partial charge is 0.480 e. The van der Waals surface area contributed by atoms with Crippen LogP contribution in [0, 0.1) is 0 Å². The Morgan fingerprint density at radius 3 is 2.79 bits per heavy atom. The second kappa shape index (κ2) is 5.91. The number of nitrogens with zero attached hydrogens (tertiary/aromatic N) is 2. The summed E-state index contributed by atoms with van der Waals surface area (Å²) in [7, 11) is 1.82. The van der Waals surface area contributed by atoms with E-state index in [0.717, 1.165) is 26.5 Å². The van der Waals surface area contributed by atoms with Crippen LogP contribution in [0.5, 0.6) is 5.75 Å². The highest BCUT2D eigenvalue weighted by Crippen LogP contribution is 2.32. The smallest absolute Gasteiger partial charge is 0.264 e. The van der Waals surface area contributed by atoms with Crippen LogP contribution in [0.1, 0.15) is 23.5 Å². The first-order chi connectivity index (χ1) is 11.6. The van der Waals surface area contributed by atoms with Crippen LogP contribution in [-0.4, -0.2) is 28.9 Å². The molecule has 0 aliphatic carbocycles. The third-order valence-corrected chi connectivity index (χ3v) is 5.73. The molecule has 1 aromatic heterocycles. The van der Waals surface area contributed by atoms with Crippen LogP contribution < -0.4 is 4.74 Å². The van der Waals surface area contributed by atoms with E-state index in [1.54, 1.807) is 16.2 Å². The third kappa shape index (κ3) is 2.55. The Morgan fingerprint density at radius 2 is 2.00 bits per heavy atom. The lowest BCUT2D eigenvalue weighted by Gasteiger charge is -2.25. The molecule has 122 valence electrons. The normalized spacial score (nSPS) is 17.3. The Hall–Kier alpha value is -2.40. The van der Waals surface area contributed by atoms with Crippen LogP contribution in [0.3, 0.4) is 0 Å². The first-order valence-electron chi connectivity index (χ1n) is 8.00. The number of rotatable bonds is 3. The monoisotopic (exact) mass is 338 g/mol. The van der Waals surface area contributed by atoms with Crippen LogP contribution in [0.25, 0.3) is 10.2 Å². The van der Waals surface area contributed by atoms with Gasteiger partial charge in [-0.05, 0) is 30.7 Å². The summed E-state index contributed by atoms with van der Waals surface area (Å²) in [6.07, 6.45) is 0.190. The van der Waals surface area contributed by atoms with E-state index in [-0.39, 0.29) is 11.9 Å². The molecule has 0 radical (unpaired) electrons. The highest BCUT2D eigenvalue weighted by Gasteiger charge is 2.33. The fraction of sp³-hybridized carbons (Fsp3) is 0.263. The van der Waals surface area contributed by atoms with E-state index < -0.39 is 6.10 Å². The predicted octanol–water partition coefficient (Wildman–Crippen LogP) is 3.82. The number of hydrogen-bond acceptors (Lipinski definition) is 4. The highest BCUT2D eigenvalue weighted by atomic mass is 32.1. The number of fused-ring (bicyclic) bond motifs is 2. The summed E-state index contributed by atoms with van der Waals surface area (Å²) < 4.78 is 6.97. The van der Waals surface area contributed by atoms with Crippen LogP contribution in [0.4, 0.5) is 0 Å². The van der Waals surface area contributed by atoms with Crippen LogP contribution >= 0.6 is 11.3 Å². The van der Waals surface area contributed by atoms with Gasteiger partial charge in [-0.3, -0.25) is 4.79 Å². The van der Waals surface area contributed by atoms with Gasteiger partial charge in [-0.15, -0.1) is 11.3 Å². The summed E-state index contributed by atoms with van der Waals surface area (Å²) in [5.41, 5.74) is 2.08. The van der Waals surface area contributed by atoms with E-state index in [1.807, 2.05) is 56.4 Å². The molecule has 2 aromatic carbocycles. The summed E-state index contributed by atoms with van der Waals surface area (Å²) in [6.45, 7) is 2.01. The molecule has 0 saturated carbocycles. The summed E-state index contributed by atoms with van der Waals surface area (Å²) in [4.78, 5) is 19.2. The van der Waals surface area contributed by atoms with Crippen molar-refractivity contribution in [2.45, 2.75) is 25.5 Å². The van der Waals surface area contributed by atoms with Crippen molar-refractivity contribution in [2.24, 2.45) is 0 Å². The maximum Gasteiger partial charge on any atom is 0.264 e. The van der Waals surface area contributed by atoms with Gasteiger partial charge in [0, 0.05) is 13.5 Å². The maximum atomic E-state index is 12.8. The summed E-state index contributed by atoms with van der Waals surface area (Å²) in [6, 6.07) is 15.8. The van der Waals surface area contributed by atoms with Crippen molar-refractivity contribution in [1.29, 1.82) is 0 Å².